The first-order valence-electron chi connectivity index (χ1n) is 8.63. The van der Waals surface area contributed by atoms with Crippen LogP contribution in [-0.2, 0) is 16.0 Å². The summed E-state index contributed by atoms with van der Waals surface area (Å²) in [6.07, 6.45) is 0.168. The van der Waals surface area contributed by atoms with Crippen molar-refractivity contribution in [2.24, 2.45) is 0 Å². The largest absolute Gasteiger partial charge is 0.497 e. The molecule has 7 heteroatoms. The molecule has 0 fully saturated rings. The van der Waals surface area contributed by atoms with E-state index in [0.717, 1.165) is 6.42 Å². The molecule has 0 aliphatic heterocycles. The van der Waals surface area contributed by atoms with Gasteiger partial charge in [0.1, 0.15) is 17.2 Å². The fourth-order valence-corrected chi connectivity index (χ4v) is 2.15. The number of ether oxygens (including phenoxy) is 3. The number of rotatable bonds is 8. The van der Waals surface area contributed by atoms with Gasteiger partial charge in [-0.2, -0.15) is 0 Å². The zero-order valence-electron chi connectivity index (χ0n) is 15.7. The first-order chi connectivity index (χ1) is 13.0. The maximum absolute atomic E-state index is 12.0. The Kier molecular flexibility index (Phi) is 7.49. The fourth-order valence-electron chi connectivity index (χ4n) is 2.15. The summed E-state index contributed by atoms with van der Waals surface area (Å²) >= 11 is 0. The molecule has 0 radical (unpaired) electrons. The maximum atomic E-state index is 12.0. The molecule has 2 aromatic carbocycles. The quantitative estimate of drug-likeness (QED) is 0.694. The lowest BCUT2D eigenvalue weighted by Crippen LogP contribution is -2.48. The minimum absolute atomic E-state index is 0.236. The third kappa shape index (κ3) is 6.54. The molecule has 0 unspecified atom stereocenters. The summed E-state index contributed by atoms with van der Waals surface area (Å²) in [4.78, 5) is 23.8. The molecule has 2 aromatic rings. The number of carbonyl (C=O) groups is 2. The van der Waals surface area contributed by atoms with Gasteiger partial charge < -0.3 is 14.2 Å². The third-order valence-electron chi connectivity index (χ3n) is 3.77. The highest BCUT2D eigenvalue weighted by Crippen LogP contribution is 2.17. The van der Waals surface area contributed by atoms with Gasteiger partial charge in [-0.3, -0.25) is 20.4 Å². The number of hydrogen-bond donors (Lipinski definition) is 2. The van der Waals surface area contributed by atoms with Crippen molar-refractivity contribution in [2.75, 3.05) is 13.7 Å². The Morgan fingerprint density at radius 2 is 1.52 bits per heavy atom. The highest BCUT2D eigenvalue weighted by molar-refractivity contribution is 5.85. The lowest BCUT2D eigenvalue weighted by atomic mass is 10.2. The molecule has 0 saturated carbocycles. The summed E-state index contributed by atoms with van der Waals surface area (Å²) < 4.78 is 15.9. The van der Waals surface area contributed by atoms with Crippen LogP contribution in [-0.4, -0.2) is 31.6 Å². The van der Waals surface area contributed by atoms with Crippen LogP contribution in [0.5, 0.6) is 17.2 Å². The average Bonchev–Trinajstić information content (AvgIpc) is 2.71. The summed E-state index contributed by atoms with van der Waals surface area (Å²) in [5.74, 6) is 0.844. The summed E-state index contributed by atoms with van der Waals surface area (Å²) in [7, 11) is 1.57. The Balaban J connectivity index is 1.71. The second-order valence-corrected chi connectivity index (χ2v) is 5.76. The molecule has 7 nitrogen and oxygen atoms in total. The highest BCUT2D eigenvalue weighted by Gasteiger charge is 2.15. The molecule has 0 heterocycles. The number of hydrazine groups is 1. The monoisotopic (exact) mass is 372 g/mol. The molecule has 0 spiro atoms. The molecule has 0 bridgehead atoms. The number of aryl methyl sites for hydroxylation is 1. The minimum Gasteiger partial charge on any atom is -0.497 e. The van der Waals surface area contributed by atoms with Crippen LogP contribution in [0.2, 0.25) is 0 Å². The van der Waals surface area contributed by atoms with Crippen LogP contribution in [0.1, 0.15) is 19.4 Å². The predicted molar refractivity (Wildman–Crippen MR) is 101 cm³/mol. The van der Waals surface area contributed by atoms with Gasteiger partial charge in [0.15, 0.2) is 12.7 Å². The van der Waals surface area contributed by atoms with Crippen molar-refractivity contribution in [2.45, 2.75) is 26.4 Å². The van der Waals surface area contributed by atoms with Crippen LogP contribution in [0.4, 0.5) is 0 Å². The van der Waals surface area contributed by atoms with Crippen molar-refractivity contribution in [1.82, 2.24) is 10.9 Å². The van der Waals surface area contributed by atoms with E-state index in [2.05, 4.69) is 17.8 Å². The number of methoxy groups -OCH3 is 1. The molecule has 27 heavy (non-hydrogen) atoms. The van der Waals surface area contributed by atoms with Crippen molar-refractivity contribution in [3.8, 4) is 17.2 Å². The molecule has 0 saturated heterocycles. The zero-order valence-corrected chi connectivity index (χ0v) is 15.7. The molecule has 2 N–H and O–H groups in total. The molecule has 2 rings (SSSR count). The molecule has 144 valence electrons. The van der Waals surface area contributed by atoms with Crippen LogP contribution >= 0.6 is 0 Å². The number of nitrogens with one attached hydrogen (secondary N) is 2. The summed E-state index contributed by atoms with van der Waals surface area (Å²) in [6.45, 7) is 3.43. The van der Waals surface area contributed by atoms with Gasteiger partial charge in [0, 0.05) is 0 Å². The zero-order chi connectivity index (χ0) is 19.6. The molecule has 0 aliphatic carbocycles. The maximum Gasteiger partial charge on any atom is 0.279 e. The summed E-state index contributed by atoms with van der Waals surface area (Å²) in [6, 6.07) is 14.3. The lowest BCUT2D eigenvalue weighted by Gasteiger charge is -2.15. The SMILES string of the molecule is CCc1ccc(O[C@@H](C)C(=O)NNC(=O)COc2ccc(OC)cc2)cc1. The van der Waals surface area contributed by atoms with E-state index in [1.807, 2.05) is 24.3 Å². The molecule has 0 aliphatic rings. The van der Waals surface area contributed by atoms with Gasteiger partial charge in [0.25, 0.3) is 11.8 Å². The first kappa shape index (κ1) is 20.1. The summed E-state index contributed by atoms with van der Waals surface area (Å²) in [5.41, 5.74) is 5.79. The fraction of sp³-hybridized carbons (Fsp3) is 0.300. The van der Waals surface area contributed by atoms with Crippen molar-refractivity contribution >= 4 is 11.8 Å². The van der Waals surface area contributed by atoms with Gasteiger partial charge in [-0.05, 0) is 55.3 Å². The Bertz CT molecular complexity index is 744. The van der Waals surface area contributed by atoms with Gasteiger partial charge >= 0.3 is 0 Å². The predicted octanol–water partition coefficient (Wildman–Crippen LogP) is 2.25. The van der Waals surface area contributed by atoms with E-state index in [-0.39, 0.29) is 6.61 Å². The molecule has 2 amide bonds. The van der Waals surface area contributed by atoms with Crippen molar-refractivity contribution in [1.29, 1.82) is 0 Å². The normalized spacial score (nSPS) is 11.2. The minimum atomic E-state index is -0.764. The van der Waals surface area contributed by atoms with Crippen molar-refractivity contribution in [3.63, 3.8) is 0 Å². The topological polar surface area (TPSA) is 85.9 Å². The van der Waals surface area contributed by atoms with E-state index in [1.165, 1.54) is 5.56 Å². The highest BCUT2D eigenvalue weighted by atomic mass is 16.5. The standard InChI is InChI=1S/C20H24N2O5/c1-4-15-5-7-18(8-6-15)27-14(2)20(24)22-21-19(23)13-26-17-11-9-16(25-3)10-12-17/h5-12,14H,4,13H2,1-3H3,(H,21,23)(H,22,24)/t14-/m0/s1. The first-order valence-corrected chi connectivity index (χ1v) is 8.63. The van der Waals surface area contributed by atoms with E-state index in [9.17, 15) is 9.59 Å². The van der Waals surface area contributed by atoms with E-state index in [4.69, 9.17) is 14.2 Å². The second kappa shape index (κ2) is 10.1. The number of amides is 2. The Morgan fingerprint density at radius 3 is 2.11 bits per heavy atom. The Morgan fingerprint density at radius 1 is 0.926 bits per heavy atom. The van der Waals surface area contributed by atoms with Crippen LogP contribution in [0.15, 0.2) is 48.5 Å². The van der Waals surface area contributed by atoms with Gasteiger partial charge in [-0.25, -0.2) is 0 Å². The van der Waals surface area contributed by atoms with Crippen LogP contribution in [0.3, 0.4) is 0 Å². The number of carbonyl (C=O) groups excluding carboxylic acids is 2. The Hall–Kier alpha value is -3.22. The lowest BCUT2D eigenvalue weighted by molar-refractivity contribution is -0.133. The van der Waals surface area contributed by atoms with Gasteiger partial charge in [0.2, 0.25) is 0 Å². The van der Waals surface area contributed by atoms with E-state index < -0.39 is 17.9 Å². The number of benzene rings is 2. The smallest absolute Gasteiger partial charge is 0.279 e. The van der Waals surface area contributed by atoms with E-state index in [0.29, 0.717) is 17.2 Å². The van der Waals surface area contributed by atoms with Gasteiger partial charge in [-0.15, -0.1) is 0 Å². The molecular formula is C20H24N2O5. The van der Waals surface area contributed by atoms with Crippen molar-refractivity contribution in [3.05, 3.63) is 54.1 Å². The van der Waals surface area contributed by atoms with E-state index >= 15 is 0 Å². The molecular weight excluding hydrogens is 348 g/mol. The third-order valence-corrected chi connectivity index (χ3v) is 3.77. The summed E-state index contributed by atoms with van der Waals surface area (Å²) in [5, 5.41) is 0. The second-order valence-electron chi connectivity index (χ2n) is 5.76. The van der Waals surface area contributed by atoms with E-state index in [1.54, 1.807) is 38.3 Å². The van der Waals surface area contributed by atoms with Crippen LogP contribution in [0.25, 0.3) is 0 Å². The van der Waals surface area contributed by atoms with Crippen LogP contribution in [0, 0.1) is 0 Å². The number of hydrogen-bond acceptors (Lipinski definition) is 5. The molecule has 1 atom stereocenters. The van der Waals surface area contributed by atoms with Gasteiger partial charge in [0.05, 0.1) is 7.11 Å². The average molecular weight is 372 g/mol. The van der Waals surface area contributed by atoms with Gasteiger partial charge in [-0.1, -0.05) is 19.1 Å². The van der Waals surface area contributed by atoms with Crippen molar-refractivity contribution < 1.29 is 23.8 Å². The van der Waals surface area contributed by atoms with Crippen LogP contribution < -0.4 is 25.1 Å². The molecule has 0 aromatic heterocycles. The Labute approximate surface area is 158 Å².